The molecule has 1 aromatic heterocycles. The summed E-state index contributed by atoms with van der Waals surface area (Å²) < 4.78 is 0. The van der Waals surface area contributed by atoms with Crippen LogP contribution in [0.4, 0.5) is 11.6 Å². The Hall–Kier alpha value is -1.36. The topological polar surface area (TPSA) is 70.1 Å². The molecule has 0 spiro atoms. The summed E-state index contributed by atoms with van der Waals surface area (Å²) in [5.41, 5.74) is 0.435. The predicted octanol–water partition coefficient (Wildman–Crippen LogP) is 2.11. The highest BCUT2D eigenvalue weighted by molar-refractivity contribution is 5.57. The third-order valence-corrected chi connectivity index (χ3v) is 3.86. The molecule has 1 fully saturated rings. The summed E-state index contributed by atoms with van der Waals surface area (Å²) in [7, 11) is 1.86. The number of nitrogens with zero attached hydrogens (tertiary/aromatic N) is 2. The number of rotatable bonds is 5. The van der Waals surface area contributed by atoms with Crippen LogP contribution in [0.3, 0.4) is 0 Å². The van der Waals surface area contributed by atoms with Crippen molar-refractivity contribution in [2.45, 2.75) is 51.6 Å². The first-order valence-corrected chi connectivity index (χ1v) is 7.09. The third kappa shape index (κ3) is 3.15. The van der Waals surface area contributed by atoms with Crippen molar-refractivity contribution in [2.24, 2.45) is 0 Å². The number of anilines is 2. The van der Waals surface area contributed by atoms with Crippen molar-refractivity contribution < 1.29 is 5.11 Å². The summed E-state index contributed by atoms with van der Waals surface area (Å²) in [6.45, 7) is 4.60. The minimum atomic E-state index is -0.566. The Balaban J connectivity index is 2.14. The zero-order chi connectivity index (χ0) is 13.9. The molecule has 19 heavy (non-hydrogen) atoms. The first kappa shape index (κ1) is 14.1. The van der Waals surface area contributed by atoms with Gasteiger partial charge in [0.05, 0.1) is 5.60 Å². The molecule has 0 aromatic carbocycles. The molecule has 1 aliphatic carbocycles. The molecular formula is C14H24N4O. The fraction of sp³-hybridized carbons (Fsp3) is 0.714. The molecule has 0 radical (unpaired) electrons. The largest absolute Gasteiger partial charge is 0.388 e. The van der Waals surface area contributed by atoms with Crippen molar-refractivity contribution in [1.29, 1.82) is 0 Å². The first-order chi connectivity index (χ1) is 9.08. The van der Waals surface area contributed by atoms with Crippen LogP contribution in [0.15, 0.2) is 0 Å². The van der Waals surface area contributed by atoms with Gasteiger partial charge in [0.1, 0.15) is 17.5 Å². The summed E-state index contributed by atoms with van der Waals surface area (Å²) in [5, 5.41) is 16.8. The molecule has 1 aromatic rings. The van der Waals surface area contributed by atoms with E-state index in [9.17, 15) is 5.11 Å². The molecule has 1 aliphatic rings. The molecule has 2 rings (SSSR count). The molecule has 0 saturated heterocycles. The van der Waals surface area contributed by atoms with Gasteiger partial charge in [-0.2, -0.15) is 0 Å². The van der Waals surface area contributed by atoms with Gasteiger partial charge in [0.15, 0.2) is 0 Å². The average molecular weight is 264 g/mol. The normalized spacial score (nSPS) is 17.5. The van der Waals surface area contributed by atoms with Crippen molar-refractivity contribution in [2.75, 3.05) is 24.2 Å². The van der Waals surface area contributed by atoms with E-state index < -0.39 is 5.60 Å². The molecule has 106 valence electrons. The zero-order valence-electron chi connectivity index (χ0n) is 12.1. The number of aromatic nitrogens is 2. The highest BCUT2D eigenvalue weighted by Gasteiger charge is 2.31. The highest BCUT2D eigenvalue weighted by Crippen LogP contribution is 2.30. The second-order valence-electron chi connectivity index (χ2n) is 5.35. The van der Waals surface area contributed by atoms with E-state index in [1.807, 2.05) is 20.9 Å². The molecule has 1 saturated carbocycles. The summed E-state index contributed by atoms with van der Waals surface area (Å²) in [5.74, 6) is 2.50. The maximum Gasteiger partial charge on any atom is 0.134 e. The Morgan fingerprint density at radius 3 is 2.42 bits per heavy atom. The molecule has 0 unspecified atom stereocenters. The van der Waals surface area contributed by atoms with Crippen LogP contribution in [0.1, 0.15) is 44.0 Å². The molecular weight excluding hydrogens is 240 g/mol. The van der Waals surface area contributed by atoms with Crippen molar-refractivity contribution >= 4 is 11.6 Å². The minimum Gasteiger partial charge on any atom is -0.388 e. The van der Waals surface area contributed by atoms with Gasteiger partial charge >= 0.3 is 0 Å². The van der Waals surface area contributed by atoms with Crippen molar-refractivity contribution in [3.63, 3.8) is 0 Å². The quantitative estimate of drug-likeness (QED) is 0.760. The summed E-state index contributed by atoms with van der Waals surface area (Å²) in [4.78, 5) is 8.96. The lowest BCUT2D eigenvalue weighted by Gasteiger charge is -2.23. The maximum absolute atomic E-state index is 10.4. The van der Waals surface area contributed by atoms with Gasteiger partial charge in [-0.1, -0.05) is 19.8 Å². The van der Waals surface area contributed by atoms with Crippen LogP contribution in [0.5, 0.6) is 0 Å². The van der Waals surface area contributed by atoms with Crippen molar-refractivity contribution in [1.82, 2.24) is 9.97 Å². The lowest BCUT2D eigenvalue weighted by Crippen LogP contribution is -2.34. The zero-order valence-corrected chi connectivity index (χ0v) is 12.1. The van der Waals surface area contributed by atoms with E-state index >= 15 is 0 Å². The van der Waals surface area contributed by atoms with E-state index in [1.54, 1.807) is 0 Å². The number of aliphatic hydroxyl groups is 1. The molecule has 0 amide bonds. The lowest BCUT2D eigenvalue weighted by molar-refractivity contribution is 0.0614. The highest BCUT2D eigenvalue weighted by atomic mass is 16.3. The minimum absolute atomic E-state index is 0.566. The van der Waals surface area contributed by atoms with Crippen molar-refractivity contribution in [3.05, 3.63) is 11.4 Å². The molecule has 3 N–H and O–H groups in total. The smallest absolute Gasteiger partial charge is 0.134 e. The van der Waals surface area contributed by atoms with E-state index in [-0.39, 0.29) is 0 Å². The van der Waals surface area contributed by atoms with E-state index in [2.05, 4.69) is 20.6 Å². The second kappa shape index (κ2) is 5.74. The molecule has 5 nitrogen and oxygen atoms in total. The standard InChI is InChI=1S/C14H24N4O/c1-4-11-17-12(15-3)10(2)13(18-11)16-9-14(19)7-5-6-8-14/h19H,4-9H2,1-3H3,(H2,15,16,17,18). The summed E-state index contributed by atoms with van der Waals surface area (Å²) >= 11 is 0. The average Bonchev–Trinajstić information content (AvgIpc) is 2.85. The maximum atomic E-state index is 10.4. The third-order valence-electron chi connectivity index (χ3n) is 3.86. The fourth-order valence-electron chi connectivity index (χ4n) is 2.59. The van der Waals surface area contributed by atoms with Crippen LogP contribution in [-0.2, 0) is 6.42 Å². The van der Waals surface area contributed by atoms with Gasteiger partial charge in [0, 0.05) is 25.6 Å². The van der Waals surface area contributed by atoms with Gasteiger partial charge in [-0.05, 0) is 19.8 Å². The predicted molar refractivity (Wildman–Crippen MR) is 77.6 cm³/mol. The first-order valence-electron chi connectivity index (χ1n) is 7.09. The summed E-state index contributed by atoms with van der Waals surface area (Å²) in [6.07, 6.45) is 4.78. The number of aryl methyl sites for hydroxylation is 1. The van der Waals surface area contributed by atoms with Gasteiger partial charge in [-0.25, -0.2) is 9.97 Å². The van der Waals surface area contributed by atoms with E-state index in [4.69, 9.17) is 0 Å². The molecule has 0 bridgehead atoms. The Kier molecular flexibility index (Phi) is 4.24. The Bertz CT molecular complexity index is 441. The number of hydrogen-bond acceptors (Lipinski definition) is 5. The number of hydrogen-bond donors (Lipinski definition) is 3. The van der Waals surface area contributed by atoms with Crippen LogP contribution in [0, 0.1) is 6.92 Å². The van der Waals surface area contributed by atoms with Crippen LogP contribution < -0.4 is 10.6 Å². The SMILES string of the molecule is CCc1nc(NC)c(C)c(NCC2(O)CCCC2)n1. The van der Waals surface area contributed by atoms with E-state index in [1.165, 1.54) is 0 Å². The van der Waals surface area contributed by atoms with E-state index in [0.717, 1.165) is 55.1 Å². The number of nitrogens with one attached hydrogen (secondary N) is 2. The van der Waals surface area contributed by atoms with Gasteiger partial charge in [-0.15, -0.1) is 0 Å². The van der Waals surface area contributed by atoms with Crippen LogP contribution in [0.2, 0.25) is 0 Å². The van der Waals surface area contributed by atoms with Crippen LogP contribution in [-0.4, -0.2) is 34.3 Å². The van der Waals surface area contributed by atoms with Crippen LogP contribution >= 0.6 is 0 Å². The Morgan fingerprint density at radius 1 is 1.21 bits per heavy atom. The van der Waals surface area contributed by atoms with Gasteiger partial charge in [-0.3, -0.25) is 0 Å². The Labute approximate surface area is 114 Å². The second-order valence-corrected chi connectivity index (χ2v) is 5.35. The van der Waals surface area contributed by atoms with Gasteiger partial charge < -0.3 is 15.7 Å². The fourth-order valence-corrected chi connectivity index (χ4v) is 2.59. The van der Waals surface area contributed by atoms with Gasteiger partial charge in [0.25, 0.3) is 0 Å². The lowest BCUT2D eigenvalue weighted by atomic mass is 10.0. The molecule has 0 atom stereocenters. The van der Waals surface area contributed by atoms with Crippen molar-refractivity contribution in [3.8, 4) is 0 Å². The molecule has 0 aliphatic heterocycles. The molecule has 5 heteroatoms. The monoisotopic (exact) mass is 264 g/mol. The van der Waals surface area contributed by atoms with Gasteiger partial charge in [0.2, 0.25) is 0 Å². The molecule has 1 heterocycles. The Morgan fingerprint density at radius 2 is 1.84 bits per heavy atom. The van der Waals surface area contributed by atoms with E-state index in [0.29, 0.717) is 6.54 Å². The van der Waals surface area contributed by atoms with Crippen LogP contribution in [0.25, 0.3) is 0 Å². The summed E-state index contributed by atoms with van der Waals surface area (Å²) in [6, 6.07) is 0.